The Balaban J connectivity index is 1.82. The van der Waals surface area contributed by atoms with Gasteiger partial charge in [-0.1, -0.05) is 12.1 Å². The zero-order chi connectivity index (χ0) is 24.1. The molecule has 0 spiro atoms. The summed E-state index contributed by atoms with van der Waals surface area (Å²) in [6.45, 7) is 2.03. The van der Waals surface area contributed by atoms with Gasteiger partial charge < -0.3 is 16.0 Å². The van der Waals surface area contributed by atoms with Gasteiger partial charge in [0.2, 0.25) is 18.2 Å². The lowest BCUT2D eigenvalue weighted by Crippen LogP contribution is -2.54. The summed E-state index contributed by atoms with van der Waals surface area (Å²) in [5.41, 5.74) is 8.10. The van der Waals surface area contributed by atoms with Crippen LogP contribution in [0, 0.1) is 6.92 Å². The molecule has 1 aromatic heterocycles. The third kappa shape index (κ3) is 5.37. The number of benzene rings is 1. The Hall–Kier alpha value is -4.15. The Bertz CT molecular complexity index is 1110. The SMILES string of the molecule is Cc1cccc(N(C)C/C(N)=C/Nc2ccn(C)n2)c1C(=O)N(C=O)C1CCC(=O)NC1=O. The van der Waals surface area contributed by atoms with Crippen LogP contribution in [0.1, 0.15) is 28.8 Å². The molecule has 1 unspecified atom stereocenters. The monoisotopic (exact) mass is 453 g/mol. The summed E-state index contributed by atoms with van der Waals surface area (Å²) in [5.74, 6) is -1.07. The van der Waals surface area contributed by atoms with Gasteiger partial charge in [-0.25, -0.2) is 0 Å². The predicted molar refractivity (Wildman–Crippen MR) is 122 cm³/mol. The molecule has 1 aromatic carbocycles. The number of carbonyl (C=O) groups is 4. The molecular weight excluding hydrogens is 426 g/mol. The van der Waals surface area contributed by atoms with Gasteiger partial charge in [0.15, 0.2) is 5.82 Å². The van der Waals surface area contributed by atoms with Gasteiger partial charge in [0.05, 0.1) is 12.1 Å². The van der Waals surface area contributed by atoms with Crippen molar-refractivity contribution in [2.24, 2.45) is 12.8 Å². The van der Waals surface area contributed by atoms with Crippen molar-refractivity contribution in [1.82, 2.24) is 20.0 Å². The lowest BCUT2D eigenvalue weighted by molar-refractivity contribution is -0.139. The number of nitrogens with zero attached hydrogens (tertiary/aromatic N) is 4. The van der Waals surface area contributed by atoms with E-state index >= 15 is 0 Å². The van der Waals surface area contributed by atoms with E-state index in [1.807, 2.05) is 0 Å². The second-order valence-corrected chi connectivity index (χ2v) is 7.85. The summed E-state index contributed by atoms with van der Waals surface area (Å²) in [7, 11) is 3.57. The van der Waals surface area contributed by atoms with Crippen LogP contribution in [0.25, 0.3) is 0 Å². The molecule has 3 rings (SSSR count). The van der Waals surface area contributed by atoms with Gasteiger partial charge >= 0.3 is 0 Å². The Morgan fingerprint density at radius 2 is 2.12 bits per heavy atom. The highest BCUT2D eigenvalue weighted by Crippen LogP contribution is 2.26. The van der Waals surface area contributed by atoms with Crippen molar-refractivity contribution < 1.29 is 19.2 Å². The number of hydrogen-bond donors (Lipinski definition) is 3. The number of carbonyl (C=O) groups excluding carboxylic acids is 4. The van der Waals surface area contributed by atoms with Gasteiger partial charge in [0, 0.05) is 50.4 Å². The fraction of sp³-hybridized carbons (Fsp3) is 0.318. The van der Waals surface area contributed by atoms with Crippen molar-refractivity contribution in [1.29, 1.82) is 0 Å². The third-order valence-corrected chi connectivity index (χ3v) is 5.31. The number of anilines is 2. The first-order chi connectivity index (χ1) is 15.7. The van der Waals surface area contributed by atoms with E-state index in [0.29, 0.717) is 29.2 Å². The normalized spacial score (nSPS) is 16.2. The fourth-order valence-electron chi connectivity index (χ4n) is 3.65. The topological polar surface area (TPSA) is 143 Å². The standard InChI is InChI=1S/C22H27N7O4/c1-14-5-4-6-16(27(2)12-15(23)11-24-18-9-10-28(3)26-18)20(14)22(33)29(13-30)17-7-8-19(31)25-21(17)32/h4-6,9-11,13,17H,7-8,12,23H2,1-3H3,(H,24,26)(H,25,31,32)/b15-11-. The van der Waals surface area contributed by atoms with Crippen molar-refractivity contribution in [3.05, 3.63) is 53.5 Å². The van der Waals surface area contributed by atoms with Crippen LogP contribution in [-0.2, 0) is 21.4 Å². The largest absolute Gasteiger partial charge is 0.399 e. The molecule has 1 aliphatic heterocycles. The lowest BCUT2D eigenvalue weighted by atomic mass is 10.0. The molecular formula is C22H27N7O4. The van der Waals surface area contributed by atoms with Gasteiger partial charge in [-0.05, 0) is 25.0 Å². The predicted octanol–water partition coefficient (Wildman–Crippen LogP) is 0.481. The maximum Gasteiger partial charge on any atom is 0.263 e. The molecule has 11 heteroatoms. The van der Waals surface area contributed by atoms with Crippen molar-refractivity contribution >= 4 is 35.6 Å². The van der Waals surface area contributed by atoms with Crippen LogP contribution in [0.15, 0.2) is 42.4 Å². The van der Waals surface area contributed by atoms with E-state index in [1.165, 1.54) is 0 Å². The highest BCUT2D eigenvalue weighted by molar-refractivity contribution is 6.09. The van der Waals surface area contributed by atoms with E-state index in [4.69, 9.17) is 5.73 Å². The highest BCUT2D eigenvalue weighted by atomic mass is 16.2. The number of hydrogen-bond acceptors (Lipinski definition) is 8. The van der Waals surface area contributed by atoms with Gasteiger partial charge in [0.25, 0.3) is 5.91 Å². The molecule has 2 aromatic rings. The van der Waals surface area contributed by atoms with Crippen LogP contribution in [0.3, 0.4) is 0 Å². The quantitative estimate of drug-likeness (QED) is 0.387. The van der Waals surface area contributed by atoms with Crippen molar-refractivity contribution in [2.45, 2.75) is 25.8 Å². The molecule has 4 amide bonds. The molecule has 0 saturated carbocycles. The molecule has 11 nitrogen and oxygen atoms in total. The van der Waals surface area contributed by atoms with Gasteiger partial charge in [-0.3, -0.25) is 34.1 Å². The third-order valence-electron chi connectivity index (χ3n) is 5.31. The van der Waals surface area contributed by atoms with Crippen LogP contribution in [0.4, 0.5) is 11.5 Å². The van der Waals surface area contributed by atoms with E-state index in [2.05, 4.69) is 15.7 Å². The molecule has 0 bridgehead atoms. The maximum absolute atomic E-state index is 13.4. The van der Waals surface area contributed by atoms with Crippen molar-refractivity contribution in [3.8, 4) is 0 Å². The number of imide groups is 2. The average Bonchev–Trinajstić information content (AvgIpc) is 3.19. The number of nitrogens with two attached hydrogens (primary N) is 1. The summed E-state index contributed by atoms with van der Waals surface area (Å²) < 4.78 is 1.66. The van der Waals surface area contributed by atoms with Crippen LogP contribution < -0.4 is 21.3 Å². The summed E-state index contributed by atoms with van der Waals surface area (Å²) >= 11 is 0. The molecule has 4 N–H and O–H groups in total. The molecule has 1 fully saturated rings. The summed E-state index contributed by atoms with van der Waals surface area (Å²) in [6.07, 6.45) is 3.89. The summed E-state index contributed by atoms with van der Waals surface area (Å²) in [5, 5.41) is 9.40. The molecule has 0 radical (unpaired) electrons. The number of likely N-dealkylation sites (N-methyl/N-ethyl adjacent to an activating group) is 1. The Kier molecular flexibility index (Phi) is 7.11. The minimum Gasteiger partial charge on any atom is -0.399 e. The second kappa shape index (κ2) is 9.98. The summed E-state index contributed by atoms with van der Waals surface area (Å²) in [6, 6.07) is 6.04. The zero-order valence-corrected chi connectivity index (χ0v) is 18.7. The van der Waals surface area contributed by atoms with Gasteiger partial charge in [-0.2, -0.15) is 5.10 Å². The molecule has 0 aliphatic carbocycles. The van der Waals surface area contributed by atoms with Crippen molar-refractivity contribution in [2.75, 3.05) is 23.8 Å². The number of aryl methyl sites for hydroxylation is 2. The van der Waals surface area contributed by atoms with E-state index in [9.17, 15) is 19.2 Å². The first-order valence-corrected chi connectivity index (χ1v) is 10.3. The van der Waals surface area contributed by atoms with E-state index < -0.39 is 23.8 Å². The Morgan fingerprint density at radius 1 is 1.36 bits per heavy atom. The summed E-state index contributed by atoms with van der Waals surface area (Å²) in [4.78, 5) is 51.5. The highest BCUT2D eigenvalue weighted by Gasteiger charge is 2.36. The molecule has 1 saturated heterocycles. The maximum atomic E-state index is 13.4. The molecule has 1 atom stereocenters. The first kappa shape index (κ1) is 23.5. The fourth-order valence-corrected chi connectivity index (χ4v) is 3.65. The molecule has 174 valence electrons. The van der Waals surface area contributed by atoms with Crippen molar-refractivity contribution in [3.63, 3.8) is 0 Å². The van der Waals surface area contributed by atoms with Crippen LogP contribution in [0.2, 0.25) is 0 Å². The van der Waals surface area contributed by atoms with Crippen LogP contribution in [-0.4, -0.2) is 58.4 Å². The van der Waals surface area contributed by atoms with Gasteiger partial charge in [0.1, 0.15) is 6.04 Å². The number of aromatic nitrogens is 2. The molecule has 33 heavy (non-hydrogen) atoms. The molecule has 2 heterocycles. The first-order valence-electron chi connectivity index (χ1n) is 10.3. The van der Waals surface area contributed by atoms with E-state index in [0.717, 1.165) is 4.90 Å². The zero-order valence-electron chi connectivity index (χ0n) is 18.7. The number of amides is 4. The van der Waals surface area contributed by atoms with E-state index in [-0.39, 0.29) is 24.9 Å². The number of piperidine rings is 1. The number of nitrogens with one attached hydrogen (secondary N) is 2. The smallest absolute Gasteiger partial charge is 0.263 e. The van der Waals surface area contributed by atoms with E-state index in [1.54, 1.807) is 67.3 Å². The average molecular weight is 454 g/mol. The minimum absolute atomic E-state index is 0.0547. The van der Waals surface area contributed by atoms with Gasteiger partial charge in [-0.15, -0.1) is 0 Å². The Morgan fingerprint density at radius 3 is 2.76 bits per heavy atom. The van der Waals surface area contributed by atoms with Crippen LogP contribution in [0.5, 0.6) is 0 Å². The van der Waals surface area contributed by atoms with Crippen LogP contribution >= 0.6 is 0 Å². The lowest BCUT2D eigenvalue weighted by Gasteiger charge is -2.30. The Labute approximate surface area is 191 Å². The number of rotatable bonds is 8. The molecule has 1 aliphatic rings. The minimum atomic E-state index is -1.04. The second-order valence-electron chi connectivity index (χ2n) is 7.85.